The molecule has 2 fully saturated rings. The van der Waals surface area contributed by atoms with Crippen LogP contribution < -0.4 is 5.32 Å². The largest absolute Gasteiger partial charge is 0.480 e. The second kappa shape index (κ2) is 6.18. The van der Waals surface area contributed by atoms with E-state index in [1.807, 2.05) is 0 Å². The molecule has 1 amide bonds. The van der Waals surface area contributed by atoms with Crippen LogP contribution in [-0.2, 0) is 14.3 Å². The highest BCUT2D eigenvalue weighted by molar-refractivity contribution is 5.85. The van der Waals surface area contributed by atoms with Crippen LogP contribution in [0, 0.1) is 11.8 Å². The van der Waals surface area contributed by atoms with Crippen LogP contribution in [0.3, 0.4) is 0 Å². The molecule has 102 valence electrons. The summed E-state index contributed by atoms with van der Waals surface area (Å²) in [5, 5.41) is 12.0. The summed E-state index contributed by atoms with van der Waals surface area (Å²) < 4.78 is 5.16. The smallest absolute Gasteiger partial charge is 0.326 e. The minimum absolute atomic E-state index is 0.0857. The number of carboxylic acids is 1. The molecule has 1 heterocycles. The summed E-state index contributed by atoms with van der Waals surface area (Å²) in [4.78, 5) is 23.3. The Hall–Kier alpha value is -1.10. The van der Waals surface area contributed by atoms with Crippen molar-refractivity contribution in [2.75, 3.05) is 13.2 Å². The van der Waals surface area contributed by atoms with Crippen LogP contribution >= 0.6 is 0 Å². The topological polar surface area (TPSA) is 75.6 Å². The maximum absolute atomic E-state index is 11.9. The molecular weight excluding hydrogens is 234 g/mol. The maximum Gasteiger partial charge on any atom is 0.326 e. The highest BCUT2D eigenvalue weighted by Crippen LogP contribution is 2.27. The van der Waals surface area contributed by atoms with E-state index in [0.717, 1.165) is 25.7 Å². The number of hydrogen-bond donors (Lipinski definition) is 2. The molecule has 0 bridgehead atoms. The summed E-state index contributed by atoms with van der Waals surface area (Å²) in [7, 11) is 0. The summed E-state index contributed by atoms with van der Waals surface area (Å²) in [6.07, 6.45) is 5.81. The standard InChI is InChI=1S/C13H21NO4/c15-12(10-6-7-18-8-10)14-11(13(16)17)9-4-2-1-3-5-9/h9-11H,1-8H2,(H,14,15)(H,16,17)/t10-,11+/m0/s1. The van der Waals surface area contributed by atoms with Gasteiger partial charge in [-0.2, -0.15) is 0 Å². The zero-order chi connectivity index (χ0) is 13.0. The first-order valence-electron chi connectivity index (χ1n) is 6.79. The van der Waals surface area contributed by atoms with Crippen molar-refractivity contribution in [3.63, 3.8) is 0 Å². The van der Waals surface area contributed by atoms with Gasteiger partial charge in [-0.25, -0.2) is 4.79 Å². The number of carbonyl (C=O) groups is 2. The van der Waals surface area contributed by atoms with Gasteiger partial charge < -0.3 is 15.2 Å². The number of amides is 1. The second-order valence-electron chi connectivity index (χ2n) is 5.28. The quantitative estimate of drug-likeness (QED) is 0.790. The Balaban J connectivity index is 1.92. The van der Waals surface area contributed by atoms with Crippen LogP contribution in [0.2, 0.25) is 0 Å². The fourth-order valence-electron chi connectivity index (χ4n) is 2.86. The van der Waals surface area contributed by atoms with Crippen LogP contribution in [0.15, 0.2) is 0 Å². The van der Waals surface area contributed by atoms with Gasteiger partial charge in [-0.05, 0) is 25.2 Å². The van der Waals surface area contributed by atoms with E-state index in [1.54, 1.807) is 0 Å². The lowest BCUT2D eigenvalue weighted by atomic mass is 9.83. The summed E-state index contributed by atoms with van der Waals surface area (Å²) in [5.74, 6) is -1.15. The number of aliphatic carboxylic acids is 1. The Kier molecular flexibility index (Phi) is 4.58. The summed E-state index contributed by atoms with van der Waals surface area (Å²) >= 11 is 0. The molecule has 1 aliphatic carbocycles. The summed E-state index contributed by atoms with van der Waals surface area (Å²) in [6.45, 7) is 1.02. The number of hydrogen-bond acceptors (Lipinski definition) is 3. The molecule has 2 N–H and O–H groups in total. The average Bonchev–Trinajstić information content (AvgIpc) is 2.90. The van der Waals surface area contributed by atoms with E-state index >= 15 is 0 Å². The predicted octanol–water partition coefficient (Wildman–Crippen LogP) is 1.17. The highest BCUT2D eigenvalue weighted by atomic mass is 16.5. The van der Waals surface area contributed by atoms with E-state index in [2.05, 4.69) is 5.32 Å². The van der Waals surface area contributed by atoms with Crippen LogP contribution in [0.4, 0.5) is 0 Å². The number of carbonyl (C=O) groups excluding carboxylic acids is 1. The molecule has 0 radical (unpaired) electrons. The van der Waals surface area contributed by atoms with Gasteiger partial charge in [0.2, 0.25) is 5.91 Å². The Morgan fingerprint density at radius 2 is 1.89 bits per heavy atom. The zero-order valence-electron chi connectivity index (χ0n) is 10.6. The fraction of sp³-hybridized carbons (Fsp3) is 0.846. The van der Waals surface area contributed by atoms with Gasteiger partial charge in [-0.3, -0.25) is 4.79 Å². The van der Waals surface area contributed by atoms with Crippen LogP contribution in [-0.4, -0.2) is 36.2 Å². The van der Waals surface area contributed by atoms with Crippen LogP contribution in [0.5, 0.6) is 0 Å². The van der Waals surface area contributed by atoms with E-state index < -0.39 is 12.0 Å². The molecule has 0 spiro atoms. The lowest BCUT2D eigenvalue weighted by Gasteiger charge is -2.28. The molecule has 0 aromatic heterocycles. The summed E-state index contributed by atoms with van der Waals surface area (Å²) in [6, 6.07) is -0.724. The first-order valence-corrected chi connectivity index (χ1v) is 6.79. The Morgan fingerprint density at radius 1 is 1.17 bits per heavy atom. The van der Waals surface area contributed by atoms with Crippen molar-refractivity contribution in [3.8, 4) is 0 Å². The first kappa shape index (κ1) is 13.3. The maximum atomic E-state index is 11.9. The van der Waals surface area contributed by atoms with Gasteiger partial charge >= 0.3 is 5.97 Å². The lowest BCUT2D eigenvalue weighted by Crippen LogP contribution is -2.48. The van der Waals surface area contributed by atoms with Gasteiger partial charge in [0.25, 0.3) is 0 Å². The monoisotopic (exact) mass is 255 g/mol. The van der Waals surface area contributed by atoms with Gasteiger partial charge in [-0.1, -0.05) is 19.3 Å². The van der Waals surface area contributed by atoms with Crippen LogP contribution in [0.25, 0.3) is 0 Å². The molecule has 5 nitrogen and oxygen atoms in total. The number of carboxylic acid groups (broad SMARTS) is 1. The molecule has 18 heavy (non-hydrogen) atoms. The minimum atomic E-state index is -0.908. The normalized spacial score (nSPS) is 26.8. The first-order chi connectivity index (χ1) is 8.68. The zero-order valence-corrected chi connectivity index (χ0v) is 10.6. The highest BCUT2D eigenvalue weighted by Gasteiger charge is 2.33. The molecule has 5 heteroatoms. The van der Waals surface area contributed by atoms with Crippen molar-refractivity contribution in [2.24, 2.45) is 11.8 Å². The Labute approximate surface area is 107 Å². The third kappa shape index (κ3) is 3.22. The molecule has 2 atom stereocenters. The van der Waals surface area contributed by atoms with Crippen molar-refractivity contribution in [1.82, 2.24) is 5.32 Å². The molecule has 0 aromatic rings. The molecular formula is C13H21NO4. The third-order valence-corrected chi connectivity index (χ3v) is 3.99. The SMILES string of the molecule is O=C(N[C@@H](C(=O)O)C1CCCCC1)[C@H]1CCOC1. The molecule has 2 rings (SSSR count). The van der Waals surface area contributed by atoms with E-state index in [0.29, 0.717) is 19.6 Å². The molecule has 1 aliphatic heterocycles. The van der Waals surface area contributed by atoms with Gasteiger partial charge in [0.15, 0.2) is 0 Å². The van der Waals surface area contributed by atoms with Gasteiger partial charge in [-0.15, -0.1) is 0 Å². The average molecular weight is 255 g/mol. The molecule has 0 aromatic carbocycles. The van der Waals surface area contributed by atoms with Gasteiger partial charge in [0, 0.05) is 6.61 Å². The molecule has 2 aliphatic rings. The predicted molar refractivity (Wildman–Crippen MR) is 65.1 cm³/mol. The molecule has 0 unspecified atom stereocenters. The van der Waals surface area contributed by atoms with Crippen molar-refractivity contribution in [1.29, 1.82) is 0 Å². The van der Waals surface area contributed by atoms with Gasteiger partial charge in [0.05, 0.1) is 12.5 Å². The van der Waals surface area contributed by atoms with E-state index in [4.69, 9.17) is 4.74 Å². The number of ether oxygens (including phenoxy) is 1. The van der Waals surface area contributed by atoms with Crippen molar-refractivity contribution < 1.29 is 19.4 Å². The van der Waals surface area contributed by atoms with E-state index in [9.17, 15) is 14.7 Å². The lowest BCUT2D eigenvalue weighted by molar-refractivity contribution is -0.144. The Morgan fingerprint density at radius 3 is 2.44 bits per heavy atom. The van der Waals surface area contributed by atoms with Crippen molar-refractivity contribution >= 4 is 11.9 Å². The minimum Gasteiger partial charge on any atom is -0.480 e. The second-order valence-corrected chi connectivity index (χ2v) is 5.28. The molecule has 1 saturated carbocycles. The van der Waals surface area contributed by atoms with Crippen molar-refractivity contribution in [2.45, 2.75) is 44.6 Å². The molecule has 1 saturated heterocycles. The van der Waals surface area contributed by atoms with Gasteiger partial charge in [0.1, 0.15) is 6.04 Å². The number of nitrogens with one attached hydrogen (secondary N) is 1. The van der Waals surface area contributed by atoms with E-state index in [1.165, 1.54) is 6.42 Å². The van der Waals surface area contributed by atoms with Crippen LogP contribution in [0.1, 0.15) is 38.5 Å². The summed E-state index contributed by atoms with van der Waals surface area (Å²) in [5.41, 5.74) is 0. The van der Waals surface area contributed by atoms with Crippen molar-refractivity contribution in [3.05, 3.63) is 0 Å². The fourth-order valence-corrected chi connectivity index (χ4v) is 2.86. The third-order valence-electron chi connectivity index (χ3n) is 3.99. The number of rotatable bonds is 4. The van der Waals surface area contributed by atoms with E-state index in [-0.39, 0.29) is 17.7 Å². The Bertz CT molecular complexity index is 306.